The molecule has 2 aromatic heterocycles. The Kier molecular flexibility index (Phi) is 5.46. The number of hydrogen-bond donors (Lipinski definition) is 0. The Morgan fingerprint density at radius 1 is 0.500 bits per heavy atom. The van der Waals surface area contributed by atoms with Gasteiger partial charge in [-0.2, -0.15) is 0 Å². The van der Waals surface area contributed by atoms with Gasteiger partial charge < -0.3 is 9.13 Å². The van der Waals surface area contributed by atoms with Crippen molar-refractivity contribution in [3.05, 3.63) is 158 Å². The van der Waals surface area contributed by atoms with E-state index >= 15 is 4.57 Å². The van der Waals surface area contributed by atoms with Crippen LogP contribution >= 0.6 is 18.5 Å². The van der Waals surface area contributed by atoms with E-state index in [1.807, 2.05) is 47.7 Å². The Bertz CT molecular complexity index is 2720. The summed E-state index contributed by atoms with van der Waals surface area (Å²) in [5.74, 6) is 0. The summed E-state index contributed by atoms with van der Waals surface area (Å²) in [6, 6.07) is 55.5. The standard InChI is InChI=1S/C42H26NOPS/c44-45(29-11-2-1-3-12-29)36-18-8-5-14-33(36)41-37(45)26-25-32-31-13-4-7-17-35(31)43(42(32)41)28-23-21-27(22-24-28)30-16-10-20-39-40(30)34-15-6-9-19-38(34)46-39/h1-26H. The fourth-order valence-electron chi connectivity index (χ4n) is 7.65. The van der Waals surface area contributed by atoms with Gasteiger partial charge in [0, 0.05) is 58.1 Å². The third-order valence-electron chi connectivity index (χ3n) is 9.63. The minimum Gasteiger partial charge on any atom is -0.309 e. The number of para-hydroxylation sites is 1. The fraction of sp³-hybridized carbons (Fsp3) is 0. The largest absolute Gasteiger partial charge is 0.309 e. The van der Waals surface area contributed by atoms with E-state index in [0.29, 0.717) is 0 Å². The lowest BCUT2D eigenvalue weighted by molar-refractivity contribution is 0.593. The van der Waals surface area contributed by atoms with E-state index in [0.717, 1.165) is 43.8 Å². The van der Waals surface area contributed by atoms with Crippen molar-refractivity contribution in [2.75, 3.05) is 0 Å². The summed E-state index contributed by atoms with van der Waals surface area (Å²) in [4.78, 5) is 0. The molecule has 9 aromatic rings. The Hall–Kier alpha value is -5.21. The number of benzene rings is 7. The molecule has 1 aliphatic rings. The maximum Gasteiger partial charge on any atom is 0.172 e. The lowest BCUT2D eigenvalue weighted by atomic mass is 9.99. The lowest BCUT2D eigenvalue weighted by Crippen LogP contribution is -2.20. The average molecular weight is 624 g/mol. The van der Waals surface area contributed by atoms with E-state index in [9.17, 15) is 0 Å². The molecule has 0 N–H and O–H groups in total. The molecule has 0 saturated carbocycles. The molecule has 2 nitrogen and oxygen atoms in total. The van der Waals surface area contributed by atoms with Gasteiger partial charge in [0.15, 0.2) is 7.14 Å². The monoisotopic (exact) mass is 623 g/mol. The summed E-state index contributed by atoms with van der Waals surface area (Å²) in [6.07, 6.45) is 0. The molecule has 3 heterocycles. The zero-order valence-electron chi connectivity index (χ0n) is 24.7. The molecule has 0 spiro atoms. The second-order valence-electron chi connectivity index (χ2n) is 12.0. The second kappa shape index (κ2) is 9.64. The Morgan fingerprint density at radius 3 is 2.07 bits per heavy atom. The first-order chi connectivity index (χ1) is 22.7. The highest BCUT2D eigenvalue weighted by atomic mass is 32.1. The number of aromatic nitrogens is 1. The molecule has 4 heteroatoms. The first-order valence-corrected chi connectivity index (χ1v) is 18.1. The van der Waals surface area contributed by atoms with Crippen LogP contribution in [-0.2, 0) is 4.57 Å². The van der Waals surface area contributed by atoms with Crippen LogP contribution in [-0.4, -0.2) is 4.57 Å². The zero-order chi connectivity index (χ0) is 30.4. The van der Waals surface area contributed by atoms with Crippen molar-refractivity contribution in [1.29, 1.82) is 0 Å². The van der Waals surface area contributed by atoms with Gasteiger partial charge >= 0.3 is 0 Å². The van der Waals surface area contributed by atoms with Crippen LogP contribution in [0.5, 0.6) is 0 Å². The van der Waals surface area contributed by atoms with Crippen molar-refractivity contribution >= 4 is 76.4 Å². The molecule has 0 fully saturated rings. The molecule has 46 heavy (non-hydrogen) atoms. The number of fused-ring (bicyclic) bond motifs is 10. The van der Waals surface area contributed by atoms with Crippen LogP contribution in [0.1, 0.15) is 0 Å². The Labute approximate surface area is 270 Å². The molecule has 0 aliphatic carbocycles. The minimum absolute atomic E-state index is 0.877. The minimum atomic E-state index is -3.06. The number of thiophene rings is 1. The van der Waals surface area contributed by atoms with Crippen LogP contribution in [0.2, 0.25) is 0 Å². The summed E-state index contributed by atoms with van der Waals surface area (Å²) < 4.78 is 20.3. The molecule has 7 aromatic carbocycles. The maximum absolute atomic E-state index is 15.3. The topological polar surface area (TPSA) is 22.0 Å². The number of rotatable bonds is 3. The molecule has 0 radical (unpaired) electrons. The molecule has 1 unspecified atom stereocenters. The lowest BCUT2D eigenvalue weighted by Gasteiger charge is -2.16. The van der Waals surface area contributed by atoms with E-state index in [1.165, 1.54) is 42.1 Å². The van der Waals surface area contributed by atoms with E-state index < -0.39 is 7.14 Å². The normalized spacial score (nSPS) is 15.6. The average Bonchev–Trinajstić information content (AvgIpc) is 3.75. The van der Waals surface area contributed by atoms with Crippen LogP contribution in [0, 0.1) is 0 Å². The maximum atomic E-state index is 15.3. The Morgan fingerprint density at radius 2 is 1.20 bits per heavy atom. The smallest absolute Gasteiger partial charge is 0.172 e. The van der Waals surface area contributed by atoms with Gasteiger partial charge in [0.2, 0.25) is 0 Å². The van der Waals surface area contributed by atoms with Crippen LogP contribution in [0.25, 0.3) is 69.9 Å². The van der Waals surface area contributed by atoms with Crippen molar-refractivity contribution < 1.29 is 4.57 Å². The SMILES string of the molecule is O=P1(c2ccccc2)c2ccccc2-c2c1ccc1c3ccccc3n(-c3ccc(-c4cccc5sc6ccccc6c45)cc3)c21. The summed E-state index contributed by atoms with van der Waals surface area (Å²) in [5, 5.41) is 7.71. The van der Waals surface area contributed by atoms with Gasteiger partial charge in [-0.1, -0.05) is 121 Å². The molecule has 0 saturated heterocycles. The molecule has 0 bridgehead atoms. The van der Waals surface area contributed by atoms with Crippen LogP contribution in [0.3, 0.4) is 0 Å². The molecular formula is C42H26NOPS. The molecule has 1 aliphatic heterocycles. The van der Waals surface area contributed by atoms with Gasteiger partial charge in [-0.05, 0) is 53.1 Å². The fourth-order valence-corrected chi connectivity index (χ4v) is 11.8. The highest BCUT2D eigenvalue weighted by molar-refractivity contribution is 7.86. The van der Waals surface area contributed by atoms with Crippen molar-refractivity contribution in [3.63, 3.8) is 0 Å². The molecule has 10 rings (SSSR count). The van der Waals surface area contributed by atoms with E-state index in [-0.39, 0.29) is 0 Å². The number of hydrogen-bond acceptors (Lipinski definition) is 2. The molecule has 1 atom stereocenters. The Balaban J connectivity index is 1.24. The zero-order valence-corrected chi connectivity index (χ0v) is 26.4. The highest BCUT2D eigenvalue weighted by Crippen LogP contribution is 2.54. The third kappa shape index (κ3) is 3.45. The van der Waals surface area contributed by atoms with E-state index in [4.69, 9.17) is 0 Å². The first-order valence-electron chi connectivity index (χ1n) is 15.6. The first kappa shape index (κ1) is 26.1. The van der Waals surface area contributed by atoms with E-state index in [2.05, 4.69) is 126 Å². The van der Waals surface area contributed by atoms with Crippen molar-refractivity contribution in [2.45, 2.75) is 0 Å². The van der Waals surface area contributed by atoms with Crippen molar-refractivity contribution in [2.24, 2.45) is 0 Å². The van der Waals surface area contributed by atoms with Gasteiger partial charge in [-0.15, -0.1) is 11.3 Å². The van der Waals surface area contributed by atoms with Crippen molar-refractivity contribution in [3.8, 4) is 27.9 Å². The molecule has 0 amide bonds. The summed E-state index contributed by atoms with van der Waals surface area (Å²) >= 11 is 1.85. The molecule has 216 valence electrons. The van der Waals surface area contributed by atoms with Crippen LogP contribution in [0.15, 0.2) is 158 Å². The second-order valence-corrected chi connectivity index (χ2v) is 15.8. The summed E-state index contributed by atoms with van der Waals surface area (Å²) in [5.41, 5.74) is 7.93. The van der Waals surface area contributed by atoms with Crippen LogP contribution < -0.4 is 15.9 Å². The quantitative estimate of drug-likeness (QED) is 0.180. The third-order valence-corrected chi connectivity index (χ3v) is 13.9. The van der Waals surface area contributed by atoms with Gasteiger partial charge in [0.05, 0.1) is 11.0 Å². The van der Waals surface area contributed by atoms with Gasteiger partial charge in [0.1, 0.15) is 0 Å². The van der Waals surface area contributed by atoms with E-state index in [1.54, 1.807) is 0 Å². The van der Waals surface area contributed by atoms with Gasteiger partial charge in [0.25, 0.3) is 0 Å². The summed E-state index contributed by atoms with van der Waals surface area (Å²) in [7, 11) is -3.06. The van der Waals surface area contributed by atoms with Crippen LogP contribution in [0.4, 0.5) is 0 Å². The van der Waals surface area contributed by atoms with Gasteiger partial charge in [-0.3, -0.25) is 0 Å². The predicted octanol–water partition coefficient (Wildman–Crippen LogP) is 10.4. The summed E-state index contributed by atoms with van der Waals surface area (Å²) in [6.45, 7) is 0. The molecular weight excluding hydrogens is 598 g/mol. The highest BCUT2D eigenvalue weighted by Gasteiger charge is 2.41. The van der Waals surface area contributed by atoms with Gasteiger partial charge in [-0.25, -0.2) is 0 Å². The van der Waals surface area contributed by atoms with Crippen molar-refractivity contribution in [1.82, 2.24) is 4.57 Å². The predicted molar refractivity (Wildman–Crippen MR) is 197 cm³/mol. The number of nitrogens with zero attached hydrogens (tertiary/aromatic N) is 1.